The third-order valence-electron chi connectivity index (χ3n) is 2.93. The molecule has 98 valence electrons. The fourth-order valence-corrected chi connectivity index (χ4v) is 1.93. The van der Waals surface area contributed by atoms with E-state index in [2.05, 4.69) is 21.6 Å². The predicted octanol–water partition coefficient (Wildman–Crippen LogP) is 1.64. The van der Waals surface area contributed by atoms with Crippen LogP contribution in [0.2, 0.25) is 0 Å². The molecule has 0 radical (unpaired) electrons. The Hall–Kier alpha value is -2.55. The minimum atomic E-state index is 0.0195. The molecule has 0 aliphatic carbocycles. The van der Waals surface area contributed by atoms with Crippen LogP contribution in [0.5, 0.6) is 0 Å². The van der Waals surface area contributed by atoms with Crippen molar-refractivity contribution in [1.82, 2.24) is 14.8 Å². The van der Waals surface area contributed by atoms with Crippen LogP contribution in [-0.4, -0.2) is 14.8 Å². The van der Waals surface area contributed by atoms with Crippen LogP contribution in [0.25, 0.3) is 0 Å². The van der Waals surface area contributed by atoms with Gasteiger partial charge in [-0.3, -0.25) is 0 Å². The first kappa shape index (κ1) is 12.9. The number of nitrogens with zero attached hydrogens (tertiary/aromatic N) is 4. The zero-order valence-corrected chi connectivity index (χ0v) is 11.0. The molecule has 0 fully saturated rings. The number of nitrogen functional groups attached to an aromatic ring is 1. The van der Waals surface area contributed by atoms with Gasteiger partial charge < -0.3 is 15.6 Å². The van der Waals surface area contributed by atoms with Gasteiger partial charge >= 0.3 is 0 Å². The van der Waals surface area contributed by atoms with E-state index in [4.69, 9.17) is 11.0 Å². The zero-order chi connectivity index (χ0) is 13.8. The maximum atomic E-state index is 8.76. The zero-order valence-electron chi connectivity index (χ0n) is 11.0. The van der Waals surface area contributed by atoms with Crippen LogP contribution in [0.1, 0.15) is 24.4 Å². The number of hydrogen-bond donors (Lipinski definition) is 2. The molecule has 19 heavy (non-hydrogen) atoms. The van der Waals surface area contributed by atoms with Crippen molar-refractivity contribution in [2.45, 2.75) is 19.4 Å². The van der Waals surface area contributed by atoms with E-state index in [-0.39, 0.29) is 6.04 Å². The van der Waals surface area contributed by atoms with Gasteiger partial charge in [-0.2, -0.15) is 5.26 Å². The molecule has 1 atom stereocenters. The minimum absolute atomic E-state index is 0.0195. The van der Waals surface area contributed by atoms with Gasteiger partial charge in [0.15, 0.2) is 5.82 Å². The van der Waals surface area contributed by atoms with Crippen molar-refractivity contribution in [1.29, 1.82) is 5.26 Å². The second-order valence-electron chi connectivity index (χ2n) is 4.41. The molecule has 2 aromatic rings. The summed E-state index contributed by atoms with van der Waals surface area (Å²) in [5, 5.41) is 20.0. The summed E-state index contributed by atoms with van der Waals surface area (Å²) in [6.45, 7) is 2.00. The third kappa shape index (κ3) is 2.83. The Kier molecular flexibility index (Phi) is 3.66. The van der Waals surface area contributed by atoms with E-state index in [0.717, 1.165) is 17.1 Å². The molecule has 0 aliphatic heterocycles. The summed E-state index contributed by atoms with van der Waals surface area (Å²) in [7, 11) is 1.90. The third-order valence-corrected chi connectivity index (χ3v) is 2.93. The van der Waals surface area contributed by atoms with Crippen LogP contribution < -0.4 is 11.1 Å². The van der Waals surface area contributed by atoms with E-state index < -0.39 is 0 Å². The van der Waals surface area contributed by atoms with Gasteiger partial charge in [0.2, 0.25) is 0 Å². The molecule has 0 aliphatic rings. The van der Waals surface area contributed by atoms with E-state index >= 15 is 0 Å². The highest BCUT2D eigenvalue weighted by Gasteiger charge is 2.11. The monoisotopic (exact) mass is 256 g/mol. The summed E-state index contributed by atoms with van der Waals surface area (Å²) in [6, 6.07) is 7.72. The molecule has 0 saturated carbocycles. The van der Waals surface area contributed by atoms with E-state index in [9.17, 15) is 0 Å². The van der Waals surface area contributed by atoms with Crippen LogP contribution in [0.3, 0.4) is 0 Å². The Morgan fingerprint density at radius 2 is 2.32 bits per heavy atom. The Labute approximate surface area is 111 Å². The molecule has 1 heterocycles. The molecule has 1 aromatic carbocycles. The molecule has 1 aromatic heterocycles. The fraction of sp³-hybridized carbons (Fsp3) is 0.308. The first-order valence-electron chi connectivity index (χ1n) is 5.97. The fourth-order valence-electron chi connectivity index (χ4n) is 1.93. The molecule has 0 amide bonds. The van der Waals surface area contributed by atoms with Gasteiger partial charge in [-0.05, 0) is 30.7 Å². The van der Waals surface area contributed by atoms with Gasteiger partial charge in [0.1, 0.15) is 6.33 Å². The highest BCUT2D eigenvalue weighted by atomic mass is 15.3. The summed E-state index contributed by atoms with van der Waals surface area (Å²) in [4.78, 5) is 0. The van der Waals surface area contributed by atoms with Gasteiger partial charge in [0, 0.05) is 18.4 Å². The minimum Gasteiger partial charge on any atom is -0.398 e. The Morgan fingerprint density at radius 1 is 1.53 bits per heavy atom. The van der Waals surface area contributed by atoms with Crippen LogP contribution in [-0.2, 0) is 13.5 Å². The van der Waals surface area contributed by atoms with Crippen molar-refractivity contribution in [2.24, 2.45) is 7.05 Å². The van der Waals surface area contributed by atoms with Crippen molar-refractivity contribution in [3.8, 4) is 6.07 Å². The highest BCUT2D eigenvalue weighted by molar-refractivity contribution is 5.58. The number of benzene rings is 1. The number of nitrogens with one attached hydrogen (secondary N) is 1. The lowest BCUT2D eigenvalue weighted by atomic mass is 10.1. The number of nitrogens with two attached hydrogens (primary N) is 1. The van der Waals surface area contributed by atoms with E-state index in [1.165, 1.54) is 0 Å². The Balaban J connectivity index is 2.18. The van der Waals surface area contributed by atoms with Gasteiger partial charge in [0.05, 0.1) is 18.5 Å². The summed E-state index contributed by atoms with van der Waals surface area (Å²) >= 11 is 0. The molecular formula is C13H16N6. The smallest absolute Gasteiger partial charge is 0.154 e. The van der Waals surface area contributed by atoms with Crippen molar-refractivity contribution in [3.05, 3.63) is 35.9 Å². The lowest BCUT2D eigenvalue weighted by Gasteiger charge is -2.15. The van der Waals surface area contributed by atoms with Crippen LogP contribution in [0.4, 0.5) is 11.4 Å². The molecule has 2 rings (SSSR count). The van der Waals surface area contributed by atoms with Crippen molar-refractivity contribution >= 4 is 11.4 Å². The van der Waals surface area contributed by atoms with Gasteiger partial charge in [-0.1, -0.05) is 0 Å². The molecule has 0 saturated heterocycles. The second kappa shape index (κ2) is 5.40. The molecular weight excluding hydrogens is 240 g/mol. The molecule has 6 nitrogen and oxygen atoms in total. The van der Waals surface area contributed by atoms with E-state index in [1.54, 1.807) is 12.4 Å². The number of hydrogen-bond acceptors (Lipinski definition) is 5. The number of rotatable bonds is 4. The number of anilines is 2. The van der Waals surface area contributed by atoms with Crippen LogP contribution in [0, 0.1) is 11.3 Å². The lowest BCUT2D eigenvalue weighted by Crippen LogP contribution is -2.12. The summed E-state index contributed by atoms with van der Waals surface area (Å²) in [5.41, 5.74) is 8.20. The quantitative estimate of drug-likeness (QED) is 0.811. The average molecular weight is 256 g/mol. The maximum Gasteiger partial charge on any atom is 0.154 e. The average Bonchev–Trinajstić information content (AvgIpc) is 2.80. The number of nitriles is 1. The van der Waals surface area contributed by atoms with Crippen LogP contribution >= 0.6 is 0 Å². The Morgan fingerprint density at radius 3 is 2.95 bits per heavy atom. The highest BCUT2D eigenvalue weighted by Crippen LogP contribution is 2.22. The Bertz CT molecular complexity index is 610. The molecule has 1 unspecified atom stereocenters. The topological polar surface area (TPSA) is 92.5 Å². The standard InChI is InChI=1S/C13H16N6/c1-9(13-18-16-8-19(13)2)17-11-3-4-12(15)10(7-11)5-6-14/h3-4,7-9,17H,5,15H2,1-2H3. The summed E-state index contributed by atoms with van der Waals surface area (Å²) in [5.74, 6) is 0.846. The SMILES string of the molecule is CC(Nc1ccc(N)c(CC#N)c1)c1nncn1C. The van der Waals surface area contributed by atoms with Crippen molar-refractivity contribution in [2.75, 3.05) is 11.1 Å². The lowest BCUT2D eigenvalue weighted by molar-refractivity contribution is 0.719. The van der Waals surface area contributed by atoms with E-state index in [1.807, 2.05) is 30.7 Å². The first-order valence-corrected chi connectivity index (χ1v) is 5.97. The summed E-state index contributed by atoms with van der Waals surface area (Å²) in [6.07, 6.45) is 1.97. The van der Waals surface area contributed by atoms with Crippen molar-refractivity contribution in [3.63, 3.8) is 0 Å². The largest absolute Gasteiger partial charge is 0.398 e. The molecule has 0 bridgehead atoms. The van der Waals surface area contributed by atoms with Gasteiger partial charge in [-0.15, -0.1) is 10.2 Å². The predicted molar refractivity (Wildman–Crippen MR) is 73.2 cm³/mol. The molecule has 6 heteroatoms. The van der Waals surface area contributed by atoms with E-state index in [0.29, 0.717) is 12.1 Å². The second-order valence-corrected chi connectivity index (χ2v) is 4.41. The number of aryl methyl sites for hydroxylation is 1. The van der Waals surface area contributed by atoms with Gasteiger partial charge in [0.25, 0.3) is 0 Å². The molecule has 3 N–H and O–H groups in total. The van der Waals surface area contributed by atoms with Gasteiger partial charge in [-0.25, -0.2) is 0 Å². The first-order chi connectivity index (χ1) is 9.11. The van der Waals surface area contributed by atoms with Crippen LogP contribution in [0.15, 0.2) is 24.5 Å². The maximum absolute atomic E-state index is 8.76. The normalized spacial score (nSPS) is 11.8. The van der Waals surface area contributed by atoms with Crippen molar-refractivity contribution < 1.29 is 0 Å². The molecule has 0 spiro atoms. The summed E-state index contributed by atoms with van der Waals surface area (Å²) < 4.78 is 1.87. The number of aromatic nitrogens is 3.